The molecule has 5 heteroatoms. The summed E-state index contributed by atoms with van der Waals surface area (Å²) >= 11 is 4.97. The number of likely N-dealkylation sites (tertiary alicyclic amines) is 1. The Morgan fingerprint density at radius 2 is 2.05 bits per heavy atom. The third-order valence-corrected chi connectivity index (χ3v) is 4.24. The number of thiocarbonyl (C=S) groups is 1. The summed E-state index contributed by atoms with van der Waals surface area (Å²) in [7, 11) is 0. The molecule has 1 amide bonds. The van der Waals surface area contributed by atoms with Crippen molar-refractivity contribution in [2.24, 2.45) is 17.6 Å². The van der Waals surface area contributed by atoms with Crippen molar-refractivity contribution in [1.82, 2.24) is 10.2 Å². The third kappa shape index (κ3) is 5.45. The molecule has 1 aliphatic heterocycles. The highest BCUT2D eigenvalue weighted by Crippen LogP contribution is 2.16. The summed E-state index contributed by atoms with van der Waals surface area (Å²) in [6.45, 7) is 8.41. The van der Waals surface area contributed by atoms with Gasteiger partial charge in [0.2, 0.25) is 5.91 Å². The summed E-state index contributed by atoms with van der Waals surface area (Å²) in [6.07, 6.45) is 4.00. The zero-order chi connectivity index (χ0) is 14.3. The molecule has 0 aliphatic carbocycles. The molecule has 1 atom stereocenters. The maximum atomic E-state index is 12.0. The Balaban J connectivity index is 2.31. The van der Waals surface area contributed by atoms with Gasteiger partial charge in [-0.1, -0.05) is 32.5 Å². The number of nitrogens with two attached hydrogens (primary N) is 1. The lowest BCUT2D eigenvalue weighted by atomic mass is 9.96. The van der Waals surface area contributed by atoms with Crippen LogP contribution in [0.1, 0.15) is 39.5 Å². The zero-order valence-corrected chi connectivity index (χ0v) is 13.0. The van der Waals surface area contributed by atoms with Gasteiger partial charge in [0.15, 0.2) is 0 Å². The summed E-state index contributed by atoms with van der Waals surface area (Å²) in [5.41, 5.74) is 5.63. The highest BCUT2D eigenvalue weighted by atomic mass is 32.1. The maximum Gasteiger partial charge on any atom is 0.229 e. The lowest BCUT2D eigenvalue weighted by Gasteiger charge is -2.31. The van der Waals surface area contributed by atoms with Crippen molar-refractivity contribution in [3.8, 4) is 0 Å². The molecule has 1 heterocycles. The van der Waals surface area contributed by atoms with E-state index in [2.05, 4.69) is 17.1 Å². The molecule has 1 unspecified atom stereocenters. The van der Waals surface area contributed by atoms with Crippen molar-refractivity contribution in [2.45, 2.75) is 39.5 Å². The van der Waals surface area contributed by atoms with Crippen LogP contribution >= 0.6 is 12.2 Å². The fourth-order valence-electron chi connectivity index (χ4n) is 2.57. The van der Waals surface area contributed by atoms with Gasteiger partial charge in [0.25, 0.3) is 0 Å². The van der Waals surface area contributed by atoms with Crippen LogP contribution in [-0.2, 0) is 4.79 Å². The summed E-state index contributed by atoms with van der Waals surface area (Å²) < 4.78 is 0. The second kappa shape index (κ2) is 8.48. The lowest BCUT2D eigenvalue weighted by molar-refractivity contribution is -0.123. The highest BCUT2D eigenvalue weighted by molar-refractivity contribution is 7.80. The van der Waals surface area contributed by atoms with Crippen molar-refractivity contribution in [3.63, 3.8) is 0 Å². The molecule has 1 saturated heterocycles. The summed E-state index contributed by atoms with van der Waals surface area (Å²) in [6, 6.07) is 0. The van der Waals surface area contributed by atoms with E-state index in [9.17, 15) is 4.79 Å². The van der Waals surface area contributed by atoms with Gasteiger partial charge < -0.3 is 16.0 Å². The van der Waals surface area contributed by atoms with Gasteiger partial charge in [0, 0.05) is 6.54 Å². The van der Waals surface area contributed by atoms with Gasteiger partial charge in [-0.2, -0.15) is 0 Å². The van der Waals surface area contributed by atoms with Gasteiger partial charge in [-0.15, -0.1) is 0 Å². The Morgan fingerprint density at radius 3 is 2.53 bits per heavy atom. The molecular weight excluding hydrogens is 258 g/mol. The molecule has 0 spiro atoms. The van der Waals surface area contributed by atoms with Gasteiger partial charge in [-0.05, 0) is 44.8 Å². The first kappa shape index (κ1) is 16.4. The predicted molar refractivity (Wildman–Crippen MR) is 83.0 cm³/mol. The molecule has 0 aromatic heterocycles. The molecule has 0 bridgehead atoms. The van der Waals surface area contributed by atoms with Crippen molar-refractivity contribution >= 4 is 23.1 Å². The van der Waals surface area contributed by atoms with Crippen LogP contribution in [0, 0.1) is 11.8 Å². The molecule has 3 N–H and O–H groups in total. The van der Waals surface area contributed by atoms with Gasteiger partial charge in [0.1, 0.15) is 0 Å². The number of hydrogen-bond acceptors (Lipinski definition) is 3. The molecule has 4 nitrogen and oxygen atoms in total. The summed E-state index contributed by atoms with van der Waals surface area (Å²) in [5, 5.41) is 3.03. The number of nitrogens with zero attached hydrogens (tertiary/aromatic N) is 1. The van der Waals surface area contributed by atoms with Gasteiger partial charge in [-0.25, -0.2) is 0 Å². The molecule has 0 aromatic carbocycles. The van der Waals surface area contributed by atoms with E-state index < -0.39 is 0 Å². The van der Waals surface area contributed by atoms with Crippen LogP contribution in [0.2, 0.25) is 0 Å². The molecule has 0 radical (unpaired) electrons. The predicted octanol–water partition coefficient (Wildman–Crippen LogP) is 1.54. The number of piperidine rings is 1. The van der Waals surface area contributed by atoms with Crippen LogP contribution in [-0.4, -0.2) is 42.0 Å². The fraction of sp³-hybridized carbons (Fsp3) is 0.857. The quantitative estimate of drug-likeness (QED) is 0.697. The molecule has 1 aliphatic rings. The zero-order valence-electron chi connectivity index (χ0n) is 12.2. The van der Waals surface area contributed by atoms with Crippen molar-refractivity contribution in [2.75, 3.05) is 26.2 Å². The van der Waals surface area contributed by atoms with Crippen LogP contribution in [0.15, 0.2) is 0 Å². The monoisotopic (exact) mass is 285 g/mol. The van der Waals surface area contributed by atoms with E-state index in [1.165, 1.54) is 12.8 Å². The SMILES string of the molecule is CCCC(C(=O)NCC1CCN(CC)CC1)C(N)=S. The lowest BCUT2D eigenvalue weighted by Crippen LogP contribution is -2.42. The maximum absolute atomic E-state index is 12.0. The molecule has 110 valence electrons. The minimum Gasteiger partial charge on any atom is -0.393 e. The molecule has 0 saturated carbocycles. The van der Waals surface area contributed by atoms with Crippen LogP contribution in [0.3, 0.4) is 0 Å². The Kier molecular flexibility index (Phi) is 7.31. The standard InChI is InChI=1S/C14H27N3OS/c1-3-5-12(13(15)19)14(18)16-10-11-6-8-17(4-2)9-7-11/h11-12H,3-10H2,1-2H3,(H2,15,19)(H,16,18). The molecule has 19 heavy (non-hydrogen) atoms. The molecular formula is C14H27N3OS. The summed E-state index contributed by atoms with van der Waals surface area (Å²) in [4.78, 5) is 14.8. The van der Waals surface area contributed by atoms with E-state index in [4.69, 9.17) is 18.0 Å². The van der Waals surface area contributed by atoms with E-state index in [1.807, 2.05) is 6.92 Å². The number of amides is 1. The molecule has 0 aromatic rings. The first-order valence-corrected chi connectivity index (χ1v) is 7.78. The third-order valence-electron chi connectivity index (χ3n) is 3.96. The first-order valence-electron chi connectivity index (χ1n) is 7.37. The van der Waals surface area contributed by atoms with Crippen molar-refractivity contribution in [1.29, 1.82) is 0 Å². The van der Waals surface area contributed by atoms with Gasteiger partial charge >= 0.3 is 0 Å². The largest absolute Gasteiger partial charge is 0.393 e. The second-order valence-electron chi connectivity index (χ2n) is 5.37. The topological polar surface area (TPSA) is 58.4 Å². The van der Waals surface area contributed by atoms with Crippen LogP contribution in [0.25, 0.3) is 0 Å². The van der Waals surface area contributed by atoms with Crippen molar-refractivity contribution in [3.05, 3.63) is 0 Å². The normalized spacial score (nSPS) is 19.1. The average molecular weight is 285 g/mol. The van der Waals surface area contributed by atoms with Gasteiger partial charge in [0.05, 0.1) is 10.9 Å². The Hall–Kier alpha value is -0.680. The van der Waals surface area contributed by atoms with Crippen molar-refractivity contribution < 1.29 is 4.79 Å². The number of hydrogen-bond donors (Lipinski definition) is 2. The number of nitrogens with one attached hydrogen (secondary N) is 1. The highest BCUT2D eigenvalue weighted by Gasteiger charge is 2.23. The number of carbonyl (C=O) groups is 1. The van der Waals surface area contributed by atoms with E-state index in [1.54, 1.807) is 0 Å². The van der Waals surface area contributed by atoms with E-state index in [0.29, 0.717) is 10.9 Å². The van der Waals surface area contributed by atoms with Gasteiger partial charge in [-0.3, -0.25) is 4.79 Å². The first-order chi connectivity index (χ1) is 9.08. The van der Waals surface area contributed by atoms with E-state index in [-0.39, 0.29) is 11.8 Å². The molecule has 1 fully saturated rings. The average Bonchev–Trinajstić information content (AvgIpc) is 2.42. The second-order valence-corrected chi connectivity index (χ2v) is 5.84. The number of carbonyl (C=O) groups excluding carboxylic acids is 1. The summed E-state index contributed by atoms with van der Waals surface area (Å²) in [5.74, 6) is 0.309. The van der Waals surface area contributed by atoms with Crippen LogP contribution in [0.5, 0.6) is 0 Å². The smallest absolute Gasteiger partial charge is 0.229 e. The van der Waals surface area contributed by atoms with Crippen LogP contribution < -0.4 is 11.1 Å². The fourth-order valence-corrected chi connectivity index (χ4v) is 2.79. The molecule has 1 rings (SSSR count). The number of rotatable bonds is 7. The Bertz CT molecular complexity index is 301. The van der Waals surface area contributed by atoms with Crippen LogP contribution in [0.4, 0.5) is 0 Å². The Morgan fingerprint density at radius 1 is 1.42 bits per heavy atom. The Labute approximate surface area is 122 Å². The van der Waals surface area contributed by atoms with E-state index >= 15 is 0 Å². The minimum atomic E-state index is -0.296. The van der Waals surface area contributed by atoms with E-state index in [0.717, 1.165) is 39.0 Å². The minimum absolute atomic E-state index is 0.00673.